The van der Waals surface area contributed by atoms with Crippen LogP contribution in [-0.4, -0.2) is 40.7 Å². The van der Waals surface area contributed by atoms with Gasteiger partial charge in [-0.2, -0.15) is 0 Å². The van der Waals surface area contributed by atoms with Gasteiger partial charge >= 0.3 is 0 Å². The van der Waals surface area contributed by atoms with Crippen LogP contribution in [0.25, 0.3) is 0 Å². The Morgan fingerprint density at radius 3 is 2.83 bits per heavy atom. The molecule has 0 aliphatic heterocycles. The minimum Gasteiger partial charge on any atom is -0.373 e. The number of pyridine rings is 1. The Balaban J connectivity index is 2.58. The van der Waals surface area contributed by atoms with Crippen LogP contribution in [0.2, 0.25) is 5.02 Å². The van der Waals surface area contributed by atoms with Gasteiger partial charge in [-0.15, -0.1) is 0 Å². The molecule has 0 aliphatic rings. The maximum atomic E-state index is 11.8. The molecule has 0 aliphatic carbocycles. The SMILES string of the molecule is CNc1ccc(Cl)c(C(=O)NCCCS(C)=O)n1. The Hall–Kier alpha value is -1.14. The van der Waals surface area contributed by atoms with Gasteiger partial charge < -0.3 is 10.6 Å². The molecule has 0 bridgehead atoms. The van der Waals surface area contributed by atoms with Crippen molar-refractivity contribution >= 4 is 34.1 Å². The second-order valence-corrected chi connectivity index (χ2v) is 5.63. The van der Waals surface area contributed by atoms with Crippen LogP contribution in [-0.2, 0) is 10.8 Å². The lowest BCUT2D eigenvalue weighted by Gasteiger charge is -2.07. The van der Waals surface area contributed by atoms with Gasteiger partial charge in [0.05, 0.1) is 5.02 Å². The molecule has 0 saturated heterocycles. The third kappa shape index (κ3) is 4.62. The van der Waals surface area contributed by atoms with E-state index >= 15 is 0 Å². The zero-order valence-electron chi connectivity index (χ0n) is 10.3. The molecular weight excluding hydrogens is 274 g/mol. The van der Waals surface area contributed by atoms with E-state index in [0.29, 0.717) is 29.6 Å². The number of halogens is 1. The summed E-state index contributed by atoms with van der Waals surface area (Å²) >= 11 is 5.91. The topological polar surface area (TPSA) is 71.1 Å². The molecule has 18 heavy (non-hydrogen) atoms. The molecule has 0 spiro atoms. The number of nitrogens with zero attached hydrogens (tertiary/aromatic N) is 1. The molecule has 1 atom stereocenters. The highest BCUT2D eigenvalue weighted by Crippen LogP contribution is 2.16. The maximum absolute atomic E-state index is 11.8. The van der Waals surface area contributed by atoms with Crippen LogP contribution < -0.4 is 10.6 Å². The average molecular weight is 290 g/mol. The average Bonchev–Trinajstić information content (AvgIpc) is 2.34. The number of hydrogen-bond acceptors (Lipinski definition) is 4. The van der Waals surface area contributed by atoms with Gasteiger partial charge in [0, 0.05) is 36.4 Å². The fraction of sp³-hybridized carbons (Fsp3) is 0.455. The summed E-state index contributed by atoms with van der Waals surface area (Å²) in [7, 11) is 0.880. The second kappa shape index (κ2) is 7.33. The number of anilines is 1. The summed E-state index contributed by atoms with van der Waals surface area (Å²) in [6.45, 7) is 0.459. The van der Waals surface area contributed by atoms with E-state index in [0.717, 1.165) is 0 Å². The first-order valence-electron chi connectivity index (χ1n) is 5.47. The van der Waals surface area contributed by atoms with E-state index in [9.17, 15) is 9.00 Å². The molecule has 5 nitrogen and oxygen atoms in total. The van der Waals surface area contributed by atoms with E-state index in [-0.39, 0.29) is 11.6 Å². The first-order chi connectivity index (χ1) is 8.54. The predicted octanol–water partition coefficient (Wildman–Crippen LogP) is 1.28. The van der Waals surface area contributed by atoms with Gasteiger partial charge in [0.1, 0.15) is 11.5 Å². The van der Waals surface area contributed by atoms with Crippen LogP contribution in [0, 0.1) is 0 Å². The lowest BCUT2D eigenvalue weighted by atomic mass is 10.3. The Bertz CT molecular complexity index is 454. The molecule has 1 rings (SSSR count). The van der Waals surface area contributed by atoms with E-state index in [2.05, 4.69) is 15.6 Å². The molecule has 1 unspecified atom stereocenters. The highest BCUT2D eigenvalue weighted by Gasteiger charge is 2.12. The summed E-state index contributed by atoms with van der Waals surface area (Å²) in [6.07, 6.45) is 2.30. The fourth-order valence-electron chi connectivity index (χ4n) is 1.30. The van der Waals surface area contributed by atoms with Crippen molar-refractivity contribution in [1.82, 2.24) is 10.3 Å². The van der Waals surface area contributed by atoms with Gasteiger partial charge in [-0.25, -0.2) is 4.98 Å². The minimum absolute atomic E-state index is 0.195. The summed E-state index contributed by atoms with van der Waals surface area (Å²) in [5, 5.41) is 5.85. The van der Waals surface area contributed by atoms with Gasteiger partial charge in [-0.05, 0) is 18.6 Å². The Kier molecular flexibility index (Phi) is 6.07. The summed E-state index contributed by atoms with van der Waals surface area (Å²) in [5.74, 6) is 0.830. The molecule has 100 valence electrons. The number of rotatable bonds is 6. The number of aromatic nitrogens is 1. The fourth-order valence-corrected chi connectivity index (χ4v) is 2.04. The lowest BCUT2D eigenvalue weighted by Crippen LogP contribution is -2.26. The summed E-state index contributed by atoms with van der Waals surface area (Å²) in [6, 6.07) is 3.32. The van der Waals surface area contributed by atoms with E-state index in [1.54, 1.807) is 25.4 Å². The quantitative estimate of drug-likeness (QED) is 0.774. The molecule has 1 aromatic rings. The van der Waals surface area contributed by atoms with Crippen molar-refractivity contribution in [3.05, 3.63) is 22.8 Å². The predicted molar refractivity (Wildman–Crippen MR) is 74.7 cm³/mol. The summed E-state index contributed by atoms with van der Waals surface area (Å²) in [5.41, 5.74) is 0.195. The maximum Gasteiger partial charge on any atom is 0.271 e. The molecule has 7 heteroatoms. The van der Waals surface area contributed by atoms with Crippen molar-refractivity contribution < 1.29 is 9.00 Å². The number of carbonyl (C=O) groups is 1. The van der Waals surface area contributed by atoms with Crippen LogP contribution in [0.4, 0.5) is 5.82 Å². The van der Waals surface area contributed by atoms with E-state index < -0.39 is 10.8 Å². The number of carbonyl (C=O) groups excluding carboxylic acids is 1. The van der Waals surface area contributed by atoms with Crippen molar-refractivity contribution in [1.29, 1.82) is 0 Å². The summed E-state index contributed by atoms with van der Waals surface area (Å²) in [4.78, 5) is 15.9. The third-order valence-corrected chi connectivity index (χ3v) is 3.38. The van der Waals surface area contributed by atoms with Crippen LogP contribution in [0.3, 0.4) is 0 Å². The normalized spacial score (nSPS) is 11.9. The highest BCUT2D eigenvalue weighted by atomic mass is 35.5. The Labute approximate surface area is 114 Å². The van der Waals surface area contributed by atoms with E-state index in [1.807, 2.05) is 0 Å². The molecule has 1 aromatic heterocycles. The number of amides is 1. The highest BCUT2D eigenvalue weighted by molar-refractivity contribution is 7.84. The van der Waals surface area contributed by atoms with Gasteiger partial charge in [-0.1, -0.05) is 11.6 Å². The molecule has 0 radical (unpaired) electrons. The molecule has 1 heterocycles. The van der Waals surface area contributed by atoms with E-state index in [4.69, 9.17) is 11.6 Å². The third-order valence-electron chi connectivity index (χ3n) is 2.21. The zero-order chi connectivity index (χ0) is 13.5. The van der Waals surface area contributed by atoms with Crippen molar-refractivity contribution in [2.45, 2.75) is 6.42 Å². The molecule has 2 N–H and O–H groups in total. The molecule has 1 amide bonds. The molecule has 0 aromatic carbocycles. The molecule has 0 saturated carbocycles. The smallest absolute Gasteiger partial charge is 0.271 e. The number of hydrogen-bond donors (Lipinski definition) is 2. The zero-order valence-corrected chi connectivity index (χ0v) is 11.9. The van der Waals surface area contributed by atoms with Gasteiger partial charge in [-0.3, -0.25) is 9.00 Å². The van der Waals surface area contributed by atoms with Gasteiger partial charge in [0.25, 0.3) is 5.91 Å². The van der Waals surface area contributed by atoms with Crippen LogP contribution in [0.15, 0.2) is 12.1 Å². The van der Waals surface area contributed by atoms with Gasteiger partial charge in [0.2, 0.25) is 0 Å². The monoisotopic (exact) mass is 289 g/mol. The second-order valence-electron chi connectivity index (χ2n) is 3.66. The van der Waals surface area contributed by atoms with Crippen LogP contribution in [0.1, 0.15) is 16.9 Å². The first-order valence-corrected chi connectivity index (χ1v) is 7.57. The van der Waals surface area contributed by atoms with Crippen LogP contribution in [0.5, 0.6) is 0 Å². The Morgan fingerprint density at radius 2 is 2.22 bits per heavy atom. The Morgan fingerprint density at radius 1 is 1.50 bits per heavy atom. The van der Waals surface area contributed by atoms with Crippen LogP contribution >= 0.6 is 11.6 Å². The number of nitrogens with one attached hydrogen (secondary N) is 2. The van der Waals surface area contributed by atoms with Crippen molar-refractivity contribution in [3.8, 4) is 0 Å². The van der Waals surface area contributed by atoms with Crippen molar-refractivity contribution in [2.75, 3.05) is 30.9 Å². The standard InChI is InChI=1S/C11H16ClN3O2S/c1-13-9-5-4-8(12)10(15-9)11(16)14-6-3-7-18(2)17/h4-5H,3,6-7H2,1-2H3,(H,13,15)(H,14,16). The molecule has 0 fully saturated rings. The van der Waals surface area contributed by atoms with E-state index in [1.165, 1.54) is 0 Å². The molecular formula is C11H16ClN3O2S. The minimum atomic E-state index is -0.837. The largest absolute Gasteiger partial charge is 0.373 e. The summed E-state index contributed by atoms with van der Waals surface area (Å²) < 4.78 is 10.9. The van der Waals surface area contributed by atoms with Gasteiger partial charge in [0.15, 0.2) is 0 Å². The lowest BCUT2D eigenvalue weighted by molar-refractivity contribution is 0.0949. The van der Waals surface area contributed by atoms with Crippen molar-refractivity contribution in [2.24, 2.45) is 0 Å². The first kappa shape index (κ1) is 14.9. The van der Waals surface area contributed by atoms with Crippen molar-refractivity contribution in [3.63, 3.8) is 0 Å².